The standard InChI is InChI=1S/C13H10F3N3O/c1-19-12(11(7-18-19)17-8-20)6-9-4-2-3-5-10(9)13(14,15)16/h2-5,7H,6H2,1H3. The van der Waals surface area contributed by atoms with E-state index in [4.69, 9.17) is 0 Å². The molecule has 7 heteroatoms. The summed E-state index contributed by atoms with van der Waals surface area (Å²) in [6, 6.07) is 5.28. The number of halogens is 3. The monoisotopic (exact) mass is 281 g/mol. The Kier molecular flexibility index (Phi) is 3.72. The summed E-state index contributed by atoms with van der Waals surface area (Å²) in [6.45, 7) is 0. The Morgan fingerprint density at radius 3 is 2.70 bits per heavy atom. The quantitative estimate of drug-likeness (QED) is 0.641. The first kappa shape index (κ1) is 14.0. The maximum Gasteiger partial charge on any atom is 0.416 e. The SMILES string of the molecule is Cn1ncc(N=C=O)c1Cc1ccccc1C(F)(F)F. The summed E-state index contributed by atoms with van der Waals surface area (Å²) >= 11 is 0. The minimum Gasteiger partial charge on any atom is -0.270 e. The van der Waals surface area contributed by atoms with Crippen LogP contribution in [0.1, 0.15) is 16.8 Å². The molecule has 0 unspecified atom stereocenters. The predicted molar refractivity (Wildman–Crippen MR) is 65.2 cm³/mol. The molecule has 0 saturated heterocycles. The van der Waals surface area contributed by atoms with E-state index in [1.165, 1.54) is 35.2 Å². The van der Waals surface area contributed by atoms with Crippen molar-refractivity contribution < 1.29 is 18.0 Å². The van der Waals surface area contributed by atoms with Crippen molar-refractivity contribution in [1.82, 2.24) is 9.78 Å². The molecule has 2 aromatic rings. The fraction of sp³-hybridized carbons (Fsp3) is 0.231. The minimum atomic E-state index is -4.43. The van der Waals surface area contributed by atoms with Gasteiger partial charge in [0.15, 0.2) is 0 Å². The molecule has 1 aromatic heterocycles. The van der Waals surface area contributed by atoms with Gasteiger partial charge >= 0.3 is 6.18 Å². The zero-order valence-corrected chi connectivity index (χ0v) is 10.5. The summed E-state index contributed by atoms with van der Waals surface area (Å²) in [5.74, 6) is 0. The van der Waals surface area contributed by atoms with Gasteiger partial charge in [-0.1, -0.05) is 18.2 Å². The molecule has 4 nitrogen and oxygen atoms in total. The zero-order chi connectivity index (χ0) is 14.8. The number of rotatable bonds is 3. The molecule has 0 atom stereocenters. The van der Waals surface area contributed by atoms with Gasteiger partial charge in [-0.3, -0.25) is 4.68 Å². The largest absolute Gasteiger partial charge is 0.416 e. The van der Waals surface area contributed by atoms with Crippen molar-refractivity contribution in [3.63, 3.8) is 0 Å². The van der Waals surface area contributed by atoms with Crippen LogP contribution in [-0.2, 0) is 24.4 Å². The highest BCUT2D eigenvalue weighted by Gasteiger charge is 2.33. The van der Waals surface area contributed by atoms with E-state index in [0.717, 1.165) is 6.07 Å². The van der Waals surface area contributed by atoms with Crippen LogP contribution in [0.5, 0.6) is 0 Å². The van der Waals surface area contributed by atoms with Gasteiger partial charge in [0.05, 0.1) is 17.5 Å². The third-order valence-electron chi connectivity index (χ3n) is 2.89. The number of benzene rings is 1. The molecule has 0 spiro atoms. The highest BCUT2D eigenvalue weighted by Crippen LogP contribution is 2.33. The van der Waals surface area contributed by atoms with E-state index in [1.54, 1.807) is 7.05 Å². The number of hydrogen-bond acceptors (Lipinski definition) is 3. The van der Waals surface area contributed by atoms with Crippen molar-refractivity contribution in [3.8, 4) is 0 Å². The number of alkyl halides is 3. The van der Waals surface area contributed by atoms with Gasteiger partial charge in [-0.25, -0.2) is 4.79 Å². The van der Waals surface area contributed by atoms with E-state index in [0.29, 0.717) is 5.69 Å². The first-order chi connectivity index (χ1) is 9.43. The molecule has 0 aliphatic heterocycles. The Labute approximate surface area is 112 Å². The second-order valence-corrected chi connectivity index (χ2v) is 4.13. The van der Waals surface area contributed by atoms with Gasteiger partial charge in [-0.15, -0.1) is 0 Å². The summed E-state index contributed by atoms with van der Waals surface area (Å²) in [5, 5.41) is 3.89. The van der Waals surface area contributed by atoms with E-state index in [1.807, 2.05) is 0 Å². The Morgan fingerprint density at radius 2 is 2.05 bits per heavy atom. The average molecular weight is 281 g/mol. The lowest BCUT2D eigenvalue weighted by molar-refractivity contribution is -0.138. The van der Waals surface area contributed by atoms with Crippen LogP contribution in [0.3, 0.4) is 0 Å². The van der Waals surface area contributed by atoms with Gasteiger partial charge in [0, 0.05) is 13.5 Å². The van der Waals surface area contributed by atoms with E-state index in [-0.39, 0.29) is 17.7 Å². The number of isocyanates is 1. The van der Waals surface area contributed by atoms with Crippen LogP contribution in [0.25, 0.3) is 0 Å². The fourth-order valence-electron chi connectivity index (χ4n) is 1.93. The lowest BCUT2D eigenvalue weighted by Crippen LogP contribution is -2.10. The molecular formula is C13H10F3N3O. The van der Waals surface area contributed by atoms with Crippen molar-refractivity contribution >= 4 is 11.8 Å². The Morgan fingerprint density at radius 1 is 1.35 bits per heavy atom. The molecule has 20 heavy (non-hydrogen) atoms. The molecule has 0 saturated carbocycles. The molecule has 0 N–H and O–H groups in total. The second-order valence-electron chi connectivity index (χ2n) is 4.13. The predicted octanol–water partition coefficient (Wildman–Crippen LogP) is 3.00. The van der Waals surface area contributed by atoms with Crippen LogP contribution >= 0.6 is 0 Å². The molecule has 0 amide bonds. The van der Waals surface area contributed by atoms with Crippen LogP contribution < -0.4 is 0 Å². The molecule has 2 rings (SSSR count). The number of carbonyl (C=O) groups excluding carboxylic acids is 1. The van der Waals surface area contributed by atoms with Gasteiger partial charge in [-0.05, 0) is 11.6 Å². The molecule has 0 fully saturated rings. The van der Waals surface area contributed by atoms with Gasteiger partial charge in [-0.2, -0.15) is 23.3 Å². The third-order valence-corrected chi connectivity index (χ3v) is 2.89. The van der Waals surface area contributed by atoms with E-state index < -0.39 is 11.7 Å². The van der Waals surface area contributed by atoms with Crippen LogP contribution in [0.2, 0.25) is 0 Å². The molecule has 0 radical (unpaired) electrons. The summed E-state index contributed by atoms with van der Waals surface area (Å²) in [6.07, 6.45) is -1.76. The first-order valence-corrected chi connectivity index (χ1v) is 5.67. The smallest absolute Gasteiger partial charge is 0.270 e. The lowest BCUT2D eigenvalue weighted by atomic mass is 10.0. The summed E-state index contributed by atoms with van der Waals surface area (Å²) < 4.78 is 40.1. The van der Waals surface area contributed by atoms with Crippen LogP contribution in [0.4, 0.5) is 18.9 Å². The lowest BCUT2D eigenvalue weighted by Gasteiger charge is -2.12. The topological polar surface area (TPSA) is 47.2 Å². The highest BCUT2D eigenvalue weighted by atomic mass is 19.4. The number of hydrogen-bond donors (Lipinski definition) is 0. The zero-order valence-electron chi connectivity index (χ0n) is 10.5. The summed E-state index contributed by atoms with van der Waals surface area (Å²) in [5.41, 5.74) is 0.0395. The molecule has 0 aliphatic carbocycles. The molecule has 0 aliphatic rings. The Balaban J connectivity index is 2.46. The normalized spacial score (nSPS) is 11.2. The van der Waals surface area contributed by atoms with Gasteiger partial charge in [0.25, 0.3) is 0 Å². The first-order valence-electron chi connectivity index (χ1n) is 5.67. The van der Waals surface area contributed by atoms with E-state index in [2.05, 4.69) is 10.1 Å². The van der Waals surface area contributed by atoms with Crippen molar-refractivity contribution in [2.24, 2.45) is 12.0 Å². The molecule has 0 bridgehead atoms. The minimum absolute atomic E-state index is 0.0211. The molecule has 1 aromatic carbocycles. The average Bonchev–Trinajstić information content (AvgIpc) is 2.71. The van der Waals surface area contributed by atoms with Crippen LogP contribution in [-0.4, -0.2) is 15.9 Å². The number of nitrogens with zero attached hydrogens (tertiary/aromatic N) is 3. The van der Waals surface area contributed by atoms with Crippen LogP contribution in [0, 0.1) is 0 Å². The van der Waals surface area contributed by atoms with Gasteiger partial charge in [0.1, 0.15) is 5.69 Å². The maximum absolute atomic E-state index is 12.9. The number of aromatic nitrogens is 2. The summed E-state index contributed by atoms with van der Waals surface area (Å²) in [7, 11) is 1.58. The van der Waals surface area contributed by atoms with Crippen molar-refractivity contribution in [3.05, 3.63) is 47.3 Å². The summed E-state index contributed by atoms with van der Waals surface area (Å²) in [4.78, 5) is 13.8. The van der Waals surface area contributed by atoms with Gasteiger partial charge in [0.2, 0.25) is 6.08 Å². The molecular weight excluding hydrogens is 271 g/mol. The Hall–Kier alpha value is -2.40. The van der Waals surface area contributed by atoms with E-state index in [9.17, 15) is 18.0 Å². The van der Waals surface area contributed by atoms with Crippen molar-refractivity contribution in [2.45, 2.75) is 12.6 Å². The van der Waals surface area contributed by atoms with E-state index >= 15 is 0 Å². The maximum atomic E-state index is 12.9. The third kappa shape index (κ3) is 2.78. The second kappa shape index (κ2) is 5.30. The van der Waals surface area contributed by atoms with Crippen molar-refractivity contribution in [2.75, 3.05) is 0 Å². The Bertz CT molecular complexity index is 670. The van der Waals surface area contributed by atoms with Crippen LogP contribution in [0.15, 0.2) is 35.5 Å². The fourth-order valence-corrected chi connectivity index (χ4v) is 1.93. The van der Waals surface area contributed by atoms with Crippen molar-refractivity contribution in [1.29, 1.82) is 0 Å². The molecule has 1 heterocycles. The van der Waals surface area contributed by atoms with Gasteiger partial charge < -0.3 is 0 Å². The highest BCUT2D eigenvalue weighted by molar-refractivity contribution is 5.52. The number of aryl methyl sites for hydroxylation is 1. The number of aliphatic imine (C=N–C) groups is 1. The molecule has 104 valence electrons.